The second kappa shape index (κ2) is 7.55. The Hall–Kier alpha value is -2.09. The van der Waals surface area contributed by atoms with Crippen LogP contribution >= 0.6 is 11.3 Å². The number of rotatable bonds is 3. The Labute approximate surface area is 179 Å². The Kier molecular flexibility index (Phi) is 5.00. The summed E-state index contributed by atoms with van der Waals surface area (Å²) in [5.74, 6) is -1.30. The molecular formula is C24H25NO4S. The van der Waals surface area contributed by atoms with E-state index in [1.54, 1.807) is 11.3 Å². The Bertz CT molecular complexity index is 1070. The molecule has 156 valence electrons. The predicted octanol–water partition coefficient (Wildman–Crippen LogP) is 3.92. The van der Waals surface area contributed by atoms with Gasteiger partial charge in [-0.2, -0.15) is 0 Å². The Morgan fingerprint density at radius 3 is 2.80 bits per heavy atom. The second-order valence-corrected chi connectivity index (χ2v) is 9.34. The van der Waals surface area contributed by atoms with Crippen LogP contribution in [0.1, 0.15) is 40.6 Å². The maximum absolute atomic E-state index is 10.8. The van der Waals surface area contributed by atoms with Gasteiger partial charge in [0.15, 0.2) is 0 Å². The highest BCUT2D eigenvalue weighted by molar-refractivity contribution is 7.15. The van der Waals surface area contributed by atoms with Crippen LogP contribution in [0.4, 0.5) is 0 Å². The highest BCUT2D eigenvalue weighted by Crippen LogP contribution is 2.46. The number of hydrogen-bond acceptors (Lipinski definition) is 6. The second-order valence-electron chi connectivity index (χ2n) is 8.23. The van der Waals surface area contributed by atoms with Gasteiger partial charge in [-0.15, -0.1) is 11.3 Å². The highest BCUT2D eigenvalue weighted by atomic mass is 32.1. The standard InChI is InChI=1S/C24H25NO4S/c1-14-8-18-13-28-24(23(27)20(26)9-15(2)29-24)19(18)10-17(14)11-22-25-12-21(30-22)16-6-4-3-5-7-16/h3-8,10,12,15,20,23,26-27H,9,11,13H2,1-2H3/t15-,20+,23?,24+/m1/s1. The first-order valence-corrected chi connectivity index (χ1v) is 11.1. The van der Waals surface area contributed by atoms with Crippen LogP contribution in [0.2, 0.25) is 0 Å². The molecule has 0 saturated carbocycles. The molecule has 1 fully saturated rings. The zero-order chi connectivity index (χ0) is 20.9. The molecule has 2 aromatic carbocycles. The molecule has 1 spiro atoms. The van der Waals surface area contributed by atoms with Gasteiger partial charge in [-0.05, 0) is 42.2 Å². The fourth-order valence-electron chi connectivity index (χ4n) is 4.48. The summed E-state index contributed by atoms with van der Waals surface area (Å²) in [6, 6.07) is 14.4. The summed E-state index contributed by atoms with van der Waals surface area (Å²) in [5.41, 5.74) is 5.27. The molecule has 0 amide bonds. The lowest BCUT2D eigenvalue weighted by molar-refractivity contribution is -0.342. The van der Waals surface area contributed by atoms with Crippen molar-refractivity contribution in [2.75, 3.05) is 0 Å². The zero-order valence-electron chi connectivity index (χ0n) is 17.0. The molecule has 3 aromatic rings. The molecule has 5 nitrogen and oxygen atoms in total. The van der Waals surface area contributed by atoms with Crippen LogP contribution in [0, 0.1) is 6.92 Å². The normalized spacial score (nSPS) is 28.1. The lowest BCUT2D eigenvalue weighted by Crippen LogP contribution is -2.55. The van der Waals surface area contributed by atoms with Gasteiger partial charge in [0, 0.05) is 24.6 Å². The van der Waals surface area contributed by atoms with Crippen molar-refractivity contribution < 1.29 is 19.7 Å². The van der Waals surface area contributed by atoms with Crippen molar-refractivity contribution in [1.29, 1.82) is 0 Å². The molecule has 2 N–H and O–H groups in total. The van der Waals surface area contributed by atoms with Gasteiger partial charge >= 0.3 is 0 Å². The number of aliphatic hydroxyl groups excluding tert-OH is 2. The lowest BCUT2D eigenvalue weighted by atomic mass is 9.87. The monoisotopic (exact) mass is 423 g/mol. The van der Waals surface area contributed by atoms with E-state index in [0.29, 0.717) is 19.4 Å². The third-order valence-corrected chi connectivity index (χ3v) is 7.08. The van der Waals surface area contributed by atoms with Gasteiger partial charge in [0.2, 0.25) is 5.79 Å². The van der Waals surface area contributed by atoms with E-state index < -0.39 is 18.0 Å². The maximum atomic E-state index is 10.8. The topological polar surface area (TPSA) is 71.8 Å². The van der Waals surface area contributed by atoms with E-state index in [-0.39, 0.29) is 6.10 Å². The first-order valence-electron chi connectivity index (χ1n) is 10.3. The molecule has 0 bridgehead atoms. The molecule has 30 heavy (non-hydrogen) atoms. The molecule has 2 aliphatic rings. The van der Waals surface area contributed by atoms with Crippen LogP contribution in [0.25, 0.3) is 10.4 Å². The Morgan fingerprint density at radius 1 is 1.20 bits per heavy atom. The molecular weight excluding hydrogens is 398 g/mol. The van der Waals surface area contributed by atoms with Crippen molar-refractivity contribution in [1.82, 2.24) is 4.98 Å². The van der Waals surface area contributed by atoms with Crippen LogP contribution < -0.4 is 0 Å². The van der Waals surface area contributed by atoms with Crippen molar-refractivity contribution in [2.24, 2.45) is 0 Å². The van der Waals surface area contributed by atoms with Crippen LogP contribution in [-0.2, 0) is 28.3 Å². The average Bonchev–Trinajstić information content (AvgIpc) is 3.33. The number of benzene rings is 2. The summed E-state index contributed by atoms with van der Waals surface area (Å²) >= 11 is 1.69. The fraction of sp³-hybridized carbons (Fsp3) is 0.375. The van der Waals surface area contributed by atoms with Gasteiger partial charge in [0.05, 0.1) is 28.7 Å². The molecule has 2 aliphatic heterocycles. The number of fused-ring (bicyclic) bond motifs is 2. The minimum atomic E-state index is -1.30. The van der Waals surface area contributed by atoms with E-state index in [0.717, 1.165) is 32.1 Å². The molecule has 4 atom stereocenters. The van der Waals surface area contributed by atoms with E-state index in [4.69, 9.17) is 9.47 Å². The first kappa shape index (κ1) is 19.8. The summed E-state index contributed by atoms with van der Waals surface area (Å²) in [6.07, 6.45) is 0.815. The van der Waals surface area contributed by atoms with Crippen molar-refractivity contribution >= 4 is 11.3 Å². The summed E-state index contributed by atoms with van der Waals surface area (Å²) in [4.78, 5) is 5.78. The quantitative estimate of drug-likeness (QED) is 0.668. The van der Waals surface area contributed by atoms with Crippen LogP contribution in [-0.4, -0.2) is 33.5 Å². The number of hydrogen-bond donors (Lipinski definition) is 2. The predicted molar refractivity (Wildman–Crippen MR) is 115 cm³/mol. The van der Waals surface area contributed by atoms with Gasteiger partial charge in [0.25, 0.3) is 0 Å². The van der Waals surface area contributed by atoms with Crippen LogP contribution in [0.3, 0.4) is 0 Å². The van der Waals surface area contributed by atoms with Gasteiger partial charge in [0.1, 0.15) is 6.10 Å². The molecule has 1 saturated heterocycles. The molecule has 0 radical (unpaired) electrons. The first-order chi connectivity index (χ1) is 14.5. The molecule has 1 unspecified atom stereocenters. The minimum Gasteiger partial charge on any atom is -0.390 e. The van der Waals surface area contributed by atoms with E-state index in [2.05, 4.69) is 36.2 Å². The van der Waals surface area contributed by atoms with Crippen molar-refractivity contribution in [3.63, 3.8) is 0 Å². The van der Waals surface area contributed by atoms with Crippen molar-refractivity contribution in [3.8, 4) is 10.4 Å². The van der Waals surface area contributed by atoms with Gasteiger partial charge < -0.3 is 19.7 Å². The van der Waals surface area contributed by atoms with E-state index in [9.17, 15) is 10.2 Å². The Morgan fingerprint density at radius 2 is 2.00 bits per heavy atom. The molecule has 6 heteroatoms. The number of ether oxygens (including phenoxy) is 2. The largest absolute Gasteiger partial charge is 0.390 e. The summed E-state index contributed by atoms with van der Waals surface area (Å²) in [5, 5.41) is 22.1. The molecule has 5 rings (SSSR count). The van der Waals surface area contributed by atoms with E-state index in [1.165, 1.54) is 5.56 Å². The number of aryl methyl sites for hydroxylation is 1. The third kappa shape index (κ3) is 3.29. The van der Waals surface area contributed by atoms with Gasteiger partial charge in [-0.1, -0.05) is 36.4 Å². The molecule has 0 aliphatic carbocycles. The average molecular weight is 424 g/mol. The third-order valence-electron chi connectivity index (χ3n) is 6.04. The van der Waals surface area contributed by atoms with Crippen LogP contribution in [0.5, 0.6) is 0 Å². The lowest BCUT2D eigenvalue weighted by Gasteiger charge is -2.43. The van der Waals surface area contributed by atoms with E-state index >= 15 is 0 Å². The summed E-state index contributed by atoms with van der Waals surface area (Å²) in [7, 11) is 0. The van der Waals surface area contributed by atoms with Crippen LogP contribution in [0.15, 0.2) is 48.7 Å². The van der Waals surface area contributed by atoms with E-state index in [1.807, 2.05) is 31.3 Å². The smallest absolute Gasteiger partial charge is 0.225 e. The SMILES string of the molecule is Cc1cc2c(cc1Cc1ncc(-c3ccccc3)s1)[C@]1(OC2)O[C@H](C)C[C@H](O)C1O. The maximum Gasteiger partial charge on any atom is 0.225 e. The van der Waals surface area contributed by atoms with Gasteiger partial charge in [-0.3, -0.25) is 0 Å². The summed E-state index contributed by atoms with van der Waals surface area (Å²) < 4.78 is 12.1. The van der Waals surface area contributed by atoms with Crippen molar-refractivity contribution in [3.05, 3.63) is 75.9 Å². The highest BCUT2D eigenvalue weighted by Gasteiger charge is 2.54. The Balaban J connectivity index is 1.48. The number of aliphatic hydroxyl groups is 2. The number of aromatic nitrogens is 1. The fourth-order valence-corrected chi connectivity index (χ4v) is 5.43. The minimum absolute atomic E-state index is 0.202. The zero-order valence-corrected chi connectivity index (χ0v) is 17.9. The summed E-state index contributed by atoms with van der Waals surface area (Å²) in [6.45, 7) is 4.35. The number of nitrogens with zero attached hydrogens (tertiary/aromatic N) is 1. The van der Waals surface area contributed by atoms with Crippen molar-refractivity contribution in [2.45, 2.75) is 57.4 Å². The van der Waals surface area contributed by atoms with Gasteiger partial charge in [-0.25, -0.2) is 4.98 Å². The number of thiazole rings is 1. The molecule has 3 heterocycles. The molecule has 1 aromatic heterocycles.